The van der Waals surface area contributed by atoms with Gasteiger partial charge in [0.05, 0.1) is 5.56 Å². The van der Waals surface area contributed by atoms with Crippen LogP contribution in [0.25, 0.3) is 0 Å². The van der Waals surface area contributed by atoms with Crippen LogP contribution in [0.2, 0.25) is 0 Å². The predicted octanol–water partition coefficient (Wildman–Crippen LogP) is 3.58. The van der Waals surface area contributed by atoms with Gasteiger partial charge in [-0.1, -0.05) is 0 Å². The van der Waals surface area contributed by atoms with Gasteiger partial charge in [-0.3, -0.25) is 0 Å². The average molecular weight is 300 g/mol. The first kappa shape index (κ1) is 15.0. The highest BCUT2D eigenvalue weighted by molar-refractivity contribution is 5.64. The van der Waals surface area contributed by atoms with Crippen molar-refractivity contribution in [3.63, 3.8) is 0 Å². The molecule has 3 N–H and O–H groups in total. The summed E-state index contributed by atoms with van der Waals surface area (Å²) in [5.74, 6) is -0.454. The molecule has 2 aromatic rings. The molecule has 1 heterocycles. The Morgan fingerprint density at radius 3 is 2.43 bits per heavy atom. The van der Waals surface area contributed by atoms with Crippen molar-refractivity contribution < 1.29 is 17.6 Å². The summed E-state index contributed by atoms with van der Waals surface area (Å²) in [6, 6.07) is 2.62. The first-order chi connectivity index (χ1) is 9.68. The molecule has 112 valence electrons. The van der Waals surface area contributed by atoms with Gasteiger partial charge in [0.1, 0.15) is 23.3 Å². The maximum atomic E-state index is 13.2. The van der Waals surface area contributed by atoms with Crippen LogP contribution in [0.3, 0.4) is 0 Å². The third kappa shape index (κ3) is 3.21. The standard InChI is InChI=1S/C13H12F4N4/c1-6-11(18)19-7(2)20-12(6)21-8-3-4-10(14)9(5-8)13(15,16)17/h3-5H,1-2H3,(H3,18,19,20,21). The van der Waals surface area contributed by atoms with Crippen molar-refractivity contribution >= 4 is 17.3 Å². The van der Waals surface area contributed by atoms with E-state index >= 15 is 0 Å². The molecular formula is C13H12F4N4. The second kappa shape index (κ2) is 5.19. The van der Waals surface area contributed by atoms with Gasteiger partial charge in [0, 0.05) is 11.3 Å². The lowest BCUT2D eigenvalue weighted by atomic mass is 10.1. The molecule has 0 unspecified atom stereocenters. The summed E-state index contributed by atoms with van der Waals surface area (Å²) in [5.41, 5.74) is 4.88. The zero-order valence-electron chi connectivity index (χ0n) is 11.2. The van der Waals surface area contributed by atoms with Crippen molar-refractivity contribution in [2.24, 2.45) is 0 Å². The summed E-state index contributed by atoms with van der Waals surface area (Å²) in [7, 11) is 0. The Kier molecular flexibility index (Phi) is 3.71. The number of nitrogens with two attached hydrogens (primary N) is 1. The van der Waals surface area contributed by atoms with Crippen LogP contribution in [0.15, 0.2) is 18.2 Å². The highest BCUT2D eigenvalue weighted by Gasteiger charge is 2.34. The third-order valence-electron chi connectivity index (χ3n) is 2.83. The fourth-order valence-electron chi connectivity index (χ4n) is 1.73. The molecule has 0 amide bonds. The number of benzene rings is 1. The van der Waals surface area contributed by atoms with E-state index in [9.17, 15) is 17.6 Å². The van der Waals surface area contributed by atoms with E-state index in [1.165, 1.54) is 6.07 Å². The van der Waals surface area contributed by atoms with Crippen molar-refractivity contribution in [1.29, 1.82) is 0 Å². The molecule has 0 aliphatic heterocycles. The molecule has 8 heteroatoms. The number of alkyl halides is 3. The molecular weight excluding hydrogens is 288 g/mol. The number of nitrogens with zero attached hydrogens (tertiary/aromatic N) is 2. The second-order valence-corrected chi connectivity index (χ2v) is 4.45. The van der Waals surface area contributed by atoms with Crippen LogP contribution in [0.4, 0.5) is 34.9 Å². The minimum Gasteiger partial charge on any atom is -0.383 e. The number of halogens is 4. The highest BCUT2D eigenvalue weighted by atomic mass is 19.4. The molecule has 2 rings (SSSR count). The highest BCUT2D eigenvalue weighted by Crippen LogP contribution is 2.33. The Balaban J connectivity index is 2.41. The number of nitrogen functional groups attached to an aromatic ring is 1. The van der Waals surface area contributed by atoms with Crippen LogP contribution in [0.5, 0.6) is 0 Å². The van der Waals surface area contributed by atoms with Gasteiger partial charge >= 0.3 is 6.18 Å². The quantitative estimate of drug-likeness (QED) is 0.832. The molecule has 0 saturated heterocycles. The van der Waals surface area contributed by atoms with Crippen LogP contribution in [0.1, 0.15) is 17.0 Å². The first-order valence-corrected chi connectivity index (χ1v) is 5.93. The van der Waals surface area contributed by atoms with Crippen molar-refractivity contribution in [3.8, 4) is 0 Å². The van der Waals surface area contributed by atoms with E-state index in [4.69, 9.17) is 5.73 Å². The number of aryl methyl sites for hydroxylation is 1. The van der Waals surface area contributed by atoms with E-state index in [0.29, 0.717) is 17.5 Å². The molecule has 0 spiro atoms. The number of nitrogens with one attached hydrogen (secondary N) is 1. The minimum atomic E-state index is -4.77. The molecule has 4 nitrogen and oxygen atoms in total. The van der Waals surface area contributed by atoms with Crippen LogP contribution in [-0.4, -0.2) is 9.97 Å². The van der Waals surface area contributed by atoms with Crippen molar-refractivity contribution in [1.82, 2.24) is 9.97 Å². The lowest BCUT2D eigenvalue weighted by Gasteiger charge is -2.13. The number of aromatic nitrogens is 2. The van der Waals surface area contributed by atoms with Gasteiger partial charge in [0.25, 0.3) is 0 Å². The second-order valence-electron chi connectivity index (χ2n) is 4.45. The van der Waals surface area contributed by atoms with Crippen LogP contribution in [0, 0.1) is 19.7 Å². The summed E-state index contributed by atoms with van der Waals surface area (Å²) < 4.78 is 51.2. The summed E-state index contributed by atoms with van der Waals surface area (Å²) in [4.78, 5) is 8.00. The molecule has 0 saturated carbocycles. The van der Waals surface area contributed by atoms with Crippen LogP contribution in [-0.2, 0) is 6.18 Å². The largest absolute Gasteiger partial charge is 0.419 e. The zero-order valence-corrected chi connectivity index (χ0v) is 11.2. The van der Waals surface area contributed by atoms with Crippen molar-refractivity contribution in [2.75, 3.05) is 11.1 Å². The summed E-state index contributed by atoms with van der Waals surface area (Å²) in [5, 5.41) is 2.70. The molecule has 0 fully saturated rings. The van der Waals surface area contributed by atoms with Gasteiger partial charge < -0.3 is 11.1 Å². The minimum absolute atomic E-state index is 0.0596. The Hall–Kier alpha value is -2.38. The summed E-state index contributed by atoms with van der Waals surface area (Å²) in [6.45, 7) is 3.23. The fourth-order valence-corrected chi connectivity index (χ4v) is 1.73. The lowest BCUT2D eigenvalue weighted by molar-refractivity contribution is -0.139. The van der Waals surface area contributed by atoms with Gasteiger partial charge in [-0.25, -0.2) is 14.4 Å². The Morgan fingerprint density at radius 1 is 1.14 bits per heavy atom. The summed E-state index contributed by atoms with van der Waals surface area (Å²) >= 11 is 0. The zero-order chi connectivity index (χ0) is 15.8. The molecule has 0 aliphatic rings. The Bertz CT molecular complexity index is 683. The first-order valence-electron chi connectivity index (χ1n) is 5.93. The molecule has 0 bridgehead atoms. The predicted molar refractivity (Wildman–Crippen MR) is 70.6 cm³/mol. The third-order valence-corrected chi connectivity index (χ3v) is 2.83. The number of hydrogen-bond donors (Lipinski definition) is 2. The average Bonchev–Trinajstić information content (AvgIpc) is 2.36. The molecule has 1 aromatic heterocycles. The van der Waals surface area contributed by atoms with Gasteiger partial charge in [0.15, 0.2) is 0 Å². The van der Waals surface area contributed by atoms with E-state index < -0.39 is 17.6 Å². The number of rotatable bonds is 2. The Labute approximate surface area is 118 Å². The molecule has 0 atom stereocenters. The summed E-state index contributed by atoms with van der Waals surface area (Å²) in [6.07, 6.45) is -4.77. The maximum Gasteiger partial charge on any atom is 0.419 e. The van der Waals surface area contributed by atoms with E-state index in [0.717, 1.165) is 6.07 Å². The normalized spacial score (nSPS) is 11.5. The van der Waals surface area contributed by atoms with Crippen LogP contribution < -0.4 is 11.1 Å². The smallest absolute Gasteiger partial charge is 0.383 e. The topological polar surface area (TPSA) is 63.8 Å². The molecule has 0 aliphatic carbocycles. The van der Waals surface area contributed by atoms with Gasteiger partial charge in [-0.05, 0) is 32.0 Å². The molecule has 1 aromatic carbocycles. The van der Waals surface area contributed by atoms with E-state index in [-0.39, 0.29) is 17.3 Å². The van der Waals surface area contributed by atoms with E-state index in [1.54, 1.807) is 13.8 Å². The molecule has 0 radical (unpaired) electrons. The van der Waals surface area contributed by atoms with Crippen molar-refractivity contribution in [2.45, 2.75) is 20.0 Å². The molecule has 21 heavy (non-hydrogen) atoms. The number of hydrogen-bond acceptors (Lipinski definition) is 4. The van der Waals surface area contributed by atoms with Crippen molar-refractivity contribution in [3.05, 3.63) is 41.0 Å². The van der Waals surface area contributed by atoms with Gasteiger partial charge in [0.2, 0.25) is 0 Å². The SMILES string of the molecule is Cc1nc(N)c(C)c(Nc2ccc(F)c(C(F)(F)F)c2)n1. The monoisotopic (exact) mass is 300 g/mol. The van der Waals surface area contributed by atoms with E-state index in [1.807, 2.05) is 0 Å². The van der Waals surface area contributed by atoms with Gasteiger partial charge in [-0.2, -0.15) is 13.2 Å². The van der Waals surface area contributed by atoms with Crippen LogP contribution >= 0.6 is 0 Å². The van der Waals surface area contributed by atoms with E-state index in [2.05, 4.69) is 15.3 Å². The fraction of sp³-hybridized carbons (Fsp3) is 0.231. The van der Waals surface area contributed by atoms with Gasteiger partial charge in [-0.15, -0.1) is 0 Å². The Morgan fingerprint density at radius 2 is 1.81 bits per heavy atom. The number of anilines is 3. The lowest BCUT2D eigenvalue weighted by Crippen LogP contribution is -2.09. The maximum absolute atomic E-state index is 13.2.